The molecule has 0 bridgehead atoms. The molecule has 1 nitrogen and oxygen atoms in total. The lowest BCUT2D eigenvalue weighted by Crippen LogP contribution is -2.14. The van der Waals surface area contributed by atoms with E-state index in [2.05, 4.69) is 118 Å². The fraction of sp³-hybridized carbons (Fsp3) is 0.132. The topological polar surface area (TPSA) is 12.9 Å². The summed E-state index contributed by atoms with van der Waals surface area (Å²) in [7, 11) is 0. The van der Waals surface area contributed by atoms with Gasteiger partial charge in [0, 0.05) is 17.8 Å². The summed E-state index contributed by atoms with van der Waals surface area (Å²) in [6, 6.07) is 34.2. The van der Waals surface area contributed by atoms with Gasteiger partial charge in [-0.1, -0.05) is 92.7 Å². The van der Waals surface area contributed by atoms with Crippen LogP contribution in [0.5, 0.6) is 0 Å². The maximum Gasteiger partial charge on any atom is 0.0346 e. The summed E-state index contributed by atoms with van der Waals surface area (Å²) in [6.07, 6.45) is 3.77. The Bertz CT molecular complexity index is 2100. The second-order valence-electron chi connectivity index (χ2n) is 11.7. The average molecular weight is 500 g/mol. The Kier molecular flexibility index (Phi) is 4.48. The smallest absolute Gasteiger partial charge is 0.0346 e. The van der Waals surface area contributed by atoms with Crippen molar-refractivity contribution in [3.63, 3.8) is 0 Å². The molecule has 0 atom stereocenters. The van der Waals surface area contributed by atoms with Crippen LogP contribution in [0.25, 0.3) is 65.7 Å². The molecule has 1 aliphatic carbocycles. The molecule has 6 aromatic carbocycles. The fourth-order valence-corrected chi connectivity index (χ4v) is 7.29. The van der Waals surface area contributed by atoms with Crippen LogP contribution in [0.15, 0.2) is 103 Å². The fourth-order valence-electron chi connectivity index (χ4n) is 7.29. The average Bonchev–Trinajstić information content (AvgIpc) is 3.18. The Balaban J connectivity index is 1.43. The predicted octanol–water partition coefficient (Wildman–Crippen LogP) is 10.2. The molecule has 8 rings (SSSR count). The first kappa shape index (κ1) is 22.5. The zero-order chi connectivity index (χ0) is 26.5. The normalized spacial score (nSPS) is 13.8. The van der Waals surface area contributed by atoms with Gasteiger partial charge in [-0.25, -0.2) is 0 Å². The SMILES string of the molecule is Cc1cc(-c2cccnc2)ccc1-c1c(C)cc2ccc3c4c(cc5ccc1c2c53)C(C)(C)c1ccccc1-4. The molecule has 1 heterocycles. The van der Waals surface area contributed by atoms with Crippen LogP contribution in [0.2, 0.25) is 0 Å². The first-order valence-corrected chi connectivity index (χ1v) is 13.8. The van der Waals surface area contributed by atoms with Gasteiger partial charge in [-0.15, -0.1) is 0 Å². The summed E-state index contributed by atoms with van der Waals surface area (Å²) in [5.74, 6) is 0. The van der Waals surface area contributed by atoms with Gasteiger partial charge in [-0.05, 0) is 114 Å². The van der Waals surface area contributed by atoms with Crippen LogP contribution in [0.1, 0.15) is 36.1 Å². The van der Waals surface area contributed by atoms with Gasteiger partial charge in [0.15, 0.2) is 0 Å². The van der Waals surface area contributed by atoms with Crippen molar-refractivity contribution in [1.29, 1.82) is 0 Å². The van der Waals surface area contributed by atoms with Gasteiger partial charge in [-0.2, -0.15) is 0 Å². The van der Waals surface area contributed by atoms with Crippen molar-refractivity contribution < 1.29 is 0 Å². The van der Waals surface area contributed by atoms with E-state index < -0.39 is 0 Å². The van der Waals surface area contributed by atoms with E-state index in [9.17, 15) is 0 Å². The van der Waals surface area contributed by atoms with Crippen molar-refractivity contribution in [3.05, 3.63) is 126 Å². The molecule has 0 saturated heterocycles. The minimum Gasteiger partial charge on any atom is -0.264 e. The van der Waals surface area contributed by atoms with Crippen LogP contribution in [-0.4, -0.2) is 4.98 Å². The number of aromatic nitrogens is 1. The molecule has 0 amide bonds. The Morgan fingerprint density at radius 1 is 0.564 bits per heavy atom. The van der Waals surface area contributed by atoms with Crippen molar-refractivity contribution >= 4 is 32.3 Å². The second kappa shape index (κ2) is 7.77. The first-order valence-electron chi connectivity index (χ1n) is 13.8. The monoisotopic (exact) mass is 499 g/mol. The zero-order valence-corrected chi connectivity index (χ0v) is 22.8. The van der Waals surface area contributed by atoms with Gasteiger partial charge in [0.05, 0.1) is 0 Å². The number of rotatable bonds is 2. The van der Waals surface area contributed by atoms with Gasteiger partial charge >= 0.3 is 0 Å². The molecule has 0 unspecified atom stereocenters. The van der Waals surface area contributed by atoms with E-state index in [1.165, 1.54) is 82.4 Å². The maximum absolute atomic E-state index is 4.32. The third kappa shape index (κ3) is 2.99. The molecule has 0 N–H and O–H groups in total. The van der Waals surface area contributed by atoms with E-state index >= 15 is 0 Å². The minimum atomic E-state index is -0.00867. The van der Waals surface area contributed by atoms with E-state index in [1.54, 1.807) is 0 Å². The molecule has 7 aromatic rings. The quantitative estimate of drug-likeness (QED) is 0.216. The molecule has 186 valence electrons. The Morgan fingerprint density at radius 3 is 2.05 bits per heavy atom. The number of nitrogens with zero attached hydrogens (tertiary/aromatic N) is 1. The van der Waals surface area contributed by atoms with E-state index in [0.717, 1.165) is 5.56 Å². The Hall–Kier alpha value is -4.49. The van der Waals surface area contributed by atoms with Gasteiger partial charge in [0.25, 0.3) is 0 Å². The largest absolute Gasteiger partial charge is 0.264 e. The van der Waals surface area contributed by atoms with Crippen molar-refractivity contribution in [1.82, 2.24) is 4.98 Å². The summed E-state index contributed by atoms with van der Waals surface area (Å²) in [5.41, 5.74) is 13.2. The molecule has 0 saturated carbocycles. The number of hydrogen-bond acceptors (Lipinski definition) is 1. The minimum absolute atomic E-state index is 0.00867. The van der Waals surface area contributed by atoms with Crippen molar-refractivity contribution in [2.24, 2.45) is 0 Å². The van der Waals surface area contributed by atoms with Crippen LogP contribution < -0.4 is 0 Å². The van der Waals surface area contributed by atoms with Crippen molar-refractivity contribution in [3.8, 4) is 33.4 Å². The Labute approximate surface area is 229 Å². The molecule has 0 radical (unpaired) electrons. The molecule has 1 aliphatic rings. The summed E-state index contributed by atoms with van der Waals surface area (Å²) in [6.45, 7) is 9.23. The van der Waals surface area contributed by atoms with Gasteiger partial charge < -0.3 is 0 Å². The number of aryl methyl sites for hydroxylation is 2. The zero-order valence-electron chi connectivity index (χ0n) is 22.8. The number of hydrogen-bond donors (Lipinski definition) is 0. The lowest BCUT2D eigenvalue weighted by Gasteiger charge is -2.23. The van der Waals surface area contributed by atoms with Gasteiger partial charge in [0.2, 0.25) is 0 Å². The van der Waals surface area contributed by atoms with Crippen LogP contribution in [0, 0.1) is 13.8 Å². The lowest BCUT2D eigenvalue weighted by molar-refractivity contribution is 0.661. The molecule has 39 heavy (non-hydrogen) atoms. The maximum atomic E-state index is 4.32. The number of pyridine rings is 1. The Morgan fingerprint density at radius 2 is 1.31 bits per heavy atom. The third-order valence-corrected chi connectivity index (χ3v) is 9.13. The highest BCUT2D eigenvalue weighted by atomic mass is 14.6. The van der Waals surface area contributed by atoms with Crippen LogP contribution in [0.3, 0.4) is 0 Å². The summed E-state index contributed by atoms with van der Waals surface area (Å²) in [4.78, 5) is 4.32. The standard InChI is InChI=1S/C38H29N/c1-22-18-24(27-8-7-17-39-21-27)11-14-28(22)34-23(2)19-25-12-16-31-36-26(13-15-30(34)35(25)36)20-33-37(31)29-9-5-6-10-32(29)38(33,3)4/h5-21H,1-4H3. The van der Waals surface area contributed by atoms with Crippen molar-refractivity contribution in [2.75, 3.05) is 0 Å². The summed E-state index contributed by atoms with van der Waals surface area (Å²) < 4.78 is 0. The van der Waals surface area contributed by atoms with Crippen molar-refractivity contribution in [2.45, 2.75) is 33.1 Å². The molecule has 0 aliphatic heterocycles. The summed E-state index contributed by atoms with van der Waals surface area (Å²) >= 11 is 0. The van der Waals surface area contributed by atoms with Crippen LogP contribution in [-0.2, 0) is 5.41 Å². The molecular formula is C38H29N. The number of benzene rings is 6. The highest BCUT2D eigenvalue weighted by molar-refractivity contribution is 6.28. The van der Waals surface area contributed by atoms with E-state index in [-0.39, 0.29) is 5.41 Å². The highest BCUT2D eigenvalue weighted by Gasteiger charge is 2.36. The van der Waals surface area contributed by atoms with E-state index in [0.29, 0.717) is 0 Å². The molecular weight excluding hydrogens is 470 g/mol. The second-order valence-corrected chi connectivity index (χ2v) is 11.7. The van der Waals surface area contributed by atoms with E-state index in [4.69, 9.17) is 0 Å². The van der Waals surface area contributed by atoms with Crippen LogP contribution >= 0.6 is 0 Å². The molecule has 1 heteroatoms. The summed E-state index contributed by atoms with van der Waals surface area (Å²) in [5, 5.41) is 8.14. The first-order chi connectivity index (χ1) is 18.9. The van der Waals surface area contributed by atoms with E-state index in [1.807, 2.05) is 18.5 Å². The molecule has 1 aromatic heterocycles. The highest BCUT2D eigenvalue weighted by Crippen LogP contribution is 2.54. The van der Waals surface area contributed by atoms with Crippen LogP contribution in [0.4, 0.5) is 0 Å². The molecule has 0 spiro atoms. The number of fused-ring (bicyclic) bond motifs is 4. The van der Waals surface area contributed by atoms with Gasteiger partial charge in [-0.3, -0.25) is 4.98 Å². The molecule has 0 fully saturated rings. The van der Waals surface area contributed by atoms with Gasteiger partial charge in [0.1, 0.15) is 0 Å². The lowest BCUT2D eigenvalue weighted by atomic mass is 9.80. The third-order valence-electron chi connectivity index (χ3n) is 9.13. The predicted molar refractivity (Wildman–Crippen MR) is 166 cm³/mol.